The maximum absolute atomic E-state index is 12.1. The molecule has 0 saturated carbocycles. The predicted octanol–water partition coefficient (Wildman–Crippen LogP) is 3.26. The van der Waals surface area contributed by atoms with Crippen molar-refractivity contribution >= 4 is 29.1 Å². The van der Waals surface area contributed by atoms with Crippen molar-refractivity contribution in [3.05, 3.63) is 63.6 Å². The minimum atomic E-state index is -0.137. The topological polar surface area (TPSA) is 61.8 Å². The Labute approximate surface area is 168 Å². The standard InChI is InChI=1S/C20H22Cl2N2O3/c21-17-6-5-14(9-18(17)22)12-24-7-8-27-16(13-24)11-23-20(26)10-15-3-1-2-4-19(15)25/h1-6,9,16,25H,7-8,10-13H2,(H,23,26). The number of carbonyl (C=O) groups excluding carboxylic acids is 1. The molecule has 1 aliphatic heterocycles. The molecule has 2 aromatic carbocycles. The number of benzene rings is 2. The number of rotatable bonds is 6. The van der Waals surface area contributed by atoms with Gasteiger partial charge in [0.1, 0.15) is 5.75 Å². The van der Waals surface area contributed by atoms with Gasteiger partial charge in [0.15, 0.2) is 0 Å². The molecule has 1 atom stereocenters. The van der Waals surface area contributed by atoms with E-state index in [1.807, 2.05) is 12.1 Å². The molecule has 0 spiro atoms. The van der Waals surface area contributed by atoms with Crippen LogP contribution in [-0.4, -0.2) is 48.3 Å². The van der Waals surface area contributed by atoms with E-state index >= 15 is 0 Å². The minimum absolute atomic E-state index is 0.0742. The third-order valence-corrected chi connectivity index (χ3v) is 5.22. The van der Waals surface area contributed by atoms with E-state index in [9.17, 15) is 9.90 Å². The highest BCUT2D eigenvalue weighted by atomic mass is 35.5. The number of nitrogens with zero attached hydrogens (tertiary/aromatic N) is 1. The summed E-state index contributed by atoms with van der Waals surface area (Å²) in [5.41, 5.74) is 1.70. The summed E-state index contributed by atoms with van der Waals surface area (Å²) < 4.78 is 5.76. The van der Waals surface area contributed by atoms with Crippen molar-refractivity contribution in [2.45, 2.75) is 19.1 Å². The van der Waals surface area contributed by atoms with Gasteiger partial charge in [-0.1, -0.05) is 47.5 Å². The first kappa shape index (κ1) is 20.0. The number of aromatic hydroxyl groups is 1. The van der Waals surface area contributed by atoms with E-state index in [0.717, 1.165) is 25.2 Å². The van der Waals surface area contributed by atoms with Gasteiger partial charge in [0.2, 0.25) is 5.91 Å². The minimum Gasteiger partial charge on any atom is -0.508 e. The van der Waals surface area contributed by atoms with Crippen LogP contribution in [-0.2, 0) is 22.5 Å². The van der Waals surface area contributed by atoms with Crippen molar-refractivity contribution in [3.8, 4) is 5.75 Å². The Bertz CT molecular complexity index is 801. The first-order valence-electron chi connectivity index (χ1n) is 8.82. The number of carbonyl (C=O) groups is 1. The highest BCUT2D eigenvalue weighted by Crippen LogP contribution is 2.23. The smallest absolute Gasteiger partial charge is 0.224 e. The zero-order chi connectivity index (χ0) is 19.2. The summed E-state index contributed by atoms with van der Waals surface area (Å²) in [4.78, 5) is 14.4. The van der Waals surface area contributed by atoms with E-state index in [1.54, 1.807) is 30.3 Å². The maximum Gasteiger partial charge on any atom is 0.224 e. The summed E-state index contributed by atoms with van der Waals surface area (Å²) in [6.07, 6.45) is 0.0710. The Kier molecular flexibility index (Phi) is 6.96. The highest BCUT2D eigenvalue weighted by molar-refractivity contribution is 6.42. The summed E-state index contributed by atoms with van der Waals surface area (Å²) in [7, 11) is 0. The third-order valence-electron chi connectivity index (χ3n) is 4.48. The molecule has 3 rings (SSSR count). The molecule has 1 aliphatic rings. The largest absolute Gasteiger partial charge is 0.508 e. The zero-order valence-electron chi connectivity index (χ0n) is 14.8. The normalized spacial score (nSPS) is 17.6. The van der Waals surface area contributed by atoms with Gasteiger partial charge in [-0.05, 0) is 23.8 Å². The molecule has 1 amide bonds. The molecule has 0 bridgehead atoms. The second kappa shape index (κ2) is 9.42. The molecule has 144 valence electrons. The maximum atomic E-state index is 12.1. The quantitative estimate of drug-likeness (QED) is 0.769. The SMILES string of the molecule is O=C(Cc1ccccc1O)NCC1CN(Cc2ccc(Cl)c(Cl)c2)CCO1. The fourth-order valence-electron chi connectivity index (χ4n) is 3.07. The van der Waals surface area contributed by atoms with Gasteiger partial charge >= 0.3 is 0 Å². The number of ether oxygens (including phenoxy) is 1. The van der Waals surface area contributed by atoms with E-state index in [4.69, 9.17) is 27.9 Å². The Morgan fingerprint density at radius 1 is 1.22 bits per heavy atom. The number of phenols is 1. The van der Waals surface area contributed by atoms with Gasteiger partial charge in [0.25, 0.3) is 0 Å². The van der Waals surface area contributed by atoms with Crippen LogP contribution in [0.1, 0.15) is 11.1 Å². The molecule has 1 unspecified atom stereocenters. The molecule has 7 heteroatoms. The summed E-state index contributed by atoms with van der Waals surface area (Å²) >= 11 is 12.0. The van der Waals surface area contributed by atoms with Crippen LogP contribution in [0.5, 0.6) is 5.75 Å². The fourth-order valence-corrected chi connectivity index (χ4v) is 3.39. The molecule has 2 N–H and O–H groups in total. The zero-order valence-corrected chi connectivity index (χ0v) is 16.3. The number of hydrogen-bond donors (Lipinski definition) is 2. The summed E-state index contributed by atoms with van der Waals surface area (Å²) in [6.45, 7) is 3.34. The van der Waals surface area contributed by atoms with Crippen LogP contribution in [0.15, 0.2) is 42.5 Å². The number of para-hydroxylation sites is 1. The van der Waals surface area contributed by atoms with E-state index in [1.165, 1.54) is 0 Å². The molecule has 27 heavy (non-hydrogen) atoms. The molecular weight excluding hydrogens is 387 g/mol. The molecule has 1 saturated heterocycles. The van der Waals surface area contributed by atoms with Crippen LogP contribution in [0.2, 0.25) is 10.0 Å². The van der Waals surface area contributed by atoms with Gasteiger partial charge in [-0.15, -0.1) is 0 Å². The Hall–Kier alpha value is -1.79. The lowest BCUT2D eigenvalue weighted by atomic mass is 10.1. The van der Waals surface area contributed by atoms with Gasteiger partial charge in [-0.3, -0.25) is 9.69 Å². The van der Waals surface area contributed by atoms with Crippen molar-refractivity contribution in [2.75, 3.05) is 26.2 Å². The van der Waals surface area contributed by atoms with Gasteiger partial charge in [-0.25, -0.2) is 0 Å². The monoisotopic (exact) mass is 408 g/mol. The number of halogens is 2. The summed E-state index contributed by atoms with van der Waals surface area (Å²) in [5.74, 6) is -0.00364. The Balaban J connectivity index is 1.47. The Morgan fingerprint density at radius 3 is 2.81 bits per heavy atom. The lowest BCUT2D eigenvalue weighted by molar-refractivity contribution is -0.121. The predicted molar refractivity (Wildman–Crippen MR) is 106 cm³/mol. The lowest BCUT2D eigenvalue weighted by Gasteiger charge is -2.33. The fraction of sp³-hybridized carbons (Fsp3) is 0.350. The molecule has 1 heterocycles. The van der Waals surface area contributed by atoms with Gasteiger partial charge < -0.3 is 15.2 Å². The van der Waals surface area contributed by atoms with Gasteiger partial charge in [0.05, 0.1) is 29.2 Å². The van der Waals surface area contributed by atoms with E-state index < -0.39 is 0 Å². The molecule has 1 fully saturated rings. The summed E-state index contributed by atoms with van der Waals surface area (Å²) in [6, 6.07) is 12.5. The number of nitrogens with one attached hydrogen (secondary N) is 1. The van der Waals surface area contributed by atoms with Crippen molar-refractivity contribution in [1.82, 2.24) is 10.2 Å². The van der Waals surface area contributed by atoms with Crippen LogP contribution in [0.25, 0.3) is 0 Å². The van der Waals surface area contributed by atoms with Crippen LogP contribution >= 0.6 is 23.2 Å². The van der Waals surface area contributed by atoms with Gasteiger partial charge in [-0.2, -0.15) is 0 Å². The second-order valence-electron chi connectivity index (χ2n) is 6.59. The van der Waals surface area contributed by atoms with Gasteiger partial charge in [0, 0.05) is 31.7 Å². The van der Waals surface area contributed by atoms with E-state index in [2.05, 4.69) is 10.2 Å². The van der Waals surface area contributed by atoms with Crippen molar-refractivity contribution < 1.29 is 14.6 Å². The van der Waals surface area contributed by atoms with Crippen LogP contribution in [0.3, 0.4) is 0 Å². The molecule has 0 radical (unpaired) electrons. The van der Waals surface area contributed by atoms with Crippen LogP contribution < -0.4 is 5.32 Å². The average molecular weight is 409 g/mol. The molecular formula is C20H22Cl2N2O3. The number of phenolic OH excluding ortho intramolecular Hbond substituents is 1. The average Bonchev–Trinajstić information content (AvgIpc) is 2.65. The summed E-state index contributed by atoms with van der Waals surface area (Å²) in [5, 5.41) is 13.7. The van der Waals surface area contributed by atoms with E-state index in [0.29, 0.717) is 28.8 Å². The van der Waals surface area contributed by atoms with Crippen LogP contribution in [0, 0.1) is 0 Å². The number of amides is 1. The third kappa shape index (κ3) is 5.84. The first-order valence-corrected chi connectivity index (χ1v) is 9.58. The lowest BCUT2D eigenvalue weighted by Crippen LogP contribution is -2.47. The highest BCUT2D eigenvalue weighted by Gasteiger charge is 2.21. The van der Waals surface area contributed by atoms with Crippen molar-refractivity contribution in [3.63, 3.8) is 0 Å². The molecule has 0 aromatic heterocycles. The first-order chi connectivity index (χ1) is 13.0. The Morgan fingerprint density at radius 2 is 2.04 bits per heavy atom. The molecule has 2 aromatic rings. The number of hydrogen-bond acceptors (Lipinski definition) is 4. The van der Waals surface area contributed by atoms with E-state index in [-0.39, 0.29) is 24.2 Å². The second-order valence-corrected chi connectivity index (χ2v) is 7.40. The van der Waals surface area contributed by atoms with Crippen molar-refractivity contribution in [1.29, 1.82) is 0 Å². The number of morpholine rings is 1. The van der Waals surface area contributed by atoms with Crippen LogP contribution in [0.4, 0.5) is 0 Å². The molecule has 0 aliphatic carbocycles. The molecule has 5 nitrogen and oxygen atoms in total. The van der Waals surface area contributed by atoms with Crippen molar-refractivity contribution in [2.24, 2.45) is 0 Å².